The van der Waals surface area contributed by atoms with Crippen LogP contribution in [0.4, 0.5) is 5.69 Å². The van der Waals surface area contributed by atoms with Gasteiger partial charge in [-0.15, -0.1) is 0 Å². The molecule has 0 aliphatic carbocycles. The molecule has 1 aliphatic rings. The van der Waals surface area contributed by atoms with Crippen LogP contribution in [0.3, 0.4) is 0 Å². The van der Waals surface area contributed by atoms with Crippen molar-refractivity contribution in [1.82, 2.24) is 0 Å². The predicted molar refractivity (Wildman–Crippen MR) is 79.3 cm³/mol. The summed E-state index contributed by atoms with van der Waals surface area (Å²) < 4.78 is 0. The molecule has 0 saturated carbocycles. The van der Waals surface area contributed by atoms with E-state index in [1.165, 1.54) is 17.7 Å². The molecule has 1 aromatic rings. The summed E-state index contributed by atoms with van der Waals surface area (Å²) in [5.41, 5.74) is 8.83. The Hall–Kier alpha value is -0.730. The molecule has 18 heavy (non-hydrogen) atoms. The van der Waals surface area contributed by atoms with Crippen molar-refractivity contribution in [3.05, 3.63) is 28.8 Å². The number of rotatable bonds is 2. The molecule has 3 heteroatoms. The standard InChI is InChI=1S/C15H23ClN2/c1-11-4-5-13(16)8-14(11)18-7-6-15(2,3)12(9-17)10-18/h4-5,8,12H,6-7,9-10,17H2,1-3H3. The highest BCUT2D eigenvalue weighted by Gasteiger charge is 2.34. The molecule has 1 fully saturated rings. The number of anilines is 1. The second-order valence-corrected chi connectivity index (χ2v) is 6.48. The van der Waals surface area contributed by atoms with E-state index in [1.54, 1.807) is 0 Å². The van der Waals surface area contributed by atoms with Gasteiger partial charge in [0.2, 0.25) is 0 Å². The Bertz CT molecular complexity index is 429. The number of hydrogen-bond donors (Lipinski definition) is 1. The van der Waals surface area contributed by atoms with E-state index in [1.807, 2.05) is 6.07 Å². The summed E-state index contributed by atoms with van der Waals surface area (Å²) in [4.78, 5) is 2.43. The molecular weight excluding hydrogens is 244 g/mol. The summed E-state index contributed by atoms with van der Waals surface area (Å²) in [5.74, 6) is 0.546. The summed E-state index contributed by atoms with van der Waals surface area (Å²) in [6.45, 7) is 9.67. The average molecular weight is 267 g/mol. The summed E-state index contributed by atoms with van der Waals surface area (Å²) in [6.07, 6.45) is 1.18. The van der Waals surface area contributed by atoms with E-state index in [9.17, 15) is 0 Å². The van der Waals surface area contributed by atoms with Crippen LogP contribution in [0.15, 0.2) is 18.2 Å². The minimum Gasteiger partial charge on any atom is -0.371 e. The fourth-order valence-corrected chi connectivity index (χ4v) is 2.93. The Morgan fingerprint density at radius 2 is 2.17 bits per heavy atom. The van der Waals surface area contributed by atoms with Crippen LogP contribution in [-0.4, -0.2) is 19.6 Å². The molecule has 1 heterocycles. The number of aryl methyl sites for hydroxylation is 1. The smallest absolute Gasteiger partial charge is 0.0426 e. The molecule has 0 spiro atoms. The van der Waals surface area contributed by atoms with Crippen LogP contribution in [0, 0.1) is 18.3 Å². The third-order valence-corrected chi connectivity index (χ3v) is 4.60. The molecule has 1 atom stereocenters. The van der Waals surface area contributed by atoms with Crippen molar-refractivity contribution in [3.63, 3.8) is 0 Å². The van der Waals surface area contributed by atoms with Crippen molar-refractivity contribution in [2.75, 3.05) is 24.5 Å². The molecular formula is C15H23ClN2. The van der Waals surface area contributed by atoms with E-state index in [2.05, 4.69) is 37.8 Å². The highest BCUT2D eigenvalue weighted by Crippen LogP contribution is 2.37. The van der Waals surface area contributed by atoms with E-state index in [0.717, 1.165) is 24.7 Å². The zero-order valence-electron chi connectivity index (χ0n) is 11.5. The molecule has 1 aliphatic heterocycles. The number of benzene rings is 1. The van der Waals surface area contributed by atoms with Crippen molar-refractivity contribution in [2.45, 2.75) is 27.2 Å². The van der Waals surface area contributed by atoms with E-state index in [4.69, 9.17) is 17.3 Å². The molecule has 1 unspecified atom stereocenters. The Morgan fingerprint density at radius 1 is 1.44 bits per heavy atom. The molecule has 1 aromatic carbocycles. The molecule has 0 radical (unpaired) electrons. The van der Waals surface area contributed by atoms with Gasteiger partial charge in [0.15, 0.2) is 0 Å². The summed E-state index contributed by atoms with van der Waals surface area (Å²) in [5, 5.41) is 0.810. The van der Waals surface area contributed by atoms with Gasteiger partial charge in [0.1, 0.15) is 0 Å². The lowest BCUT2D eigenvalue weighted by molar-refractivity contribution is 0.177. The molecule has 2 rings (SSSR count). The first-order chi connectivity index (χ1) is 8.44. The van der Waals surface area contributed by atoms with Crippen LogP contribution in [0.1, 0.15) is 25.8 Å². The molecule has 0 aromatic heterocycles. The fourth-order valence-electron chi connectivity index (χ4n) is 2.77. The van der Waals surface area contributed by atoms with Crippen LogP contribution in [0.25, 0.3) is 0 Å². The van der Waals surface area contributed by atoms with Crippen LogP contribution in [0.2, 0.25) is 5.02 Å². The fraction of sp³-hybridized carbons (Fsp3) is 0.600. The highest BCUT2D eigenvalue weighted by atomic mass is 35.5. The number of piperidine rings is 1. The molecule has 2 N–H and O–H groups in total. The average Bonchev–Trinajstić information content (AvgIpc) is 2.32. The SMILES string of the molecule is Cc1ccc(Cl)cc1N1CCC(C)(C)C(CN)C1. The van der Waals surface area contributed by atoms with Gasteiger partial charge < -0.3 is 10.6 Å². The zero-order valence-corrected chi connectivity index (χ0v) is 12.3. The first-order valence-corrected chi connectivity index (χ1v) is 7.03. The van der Waals surface area contributed by atoms with E-state index < -0.39 is 0 Å². The Morgan fingerprint density at radius 3 is 2.83 bits per heavy atom. The minimum atomic E-state index is 0.345. The zero-order chi connectivity index (χ0) is 13.3. The van der Waals surface area contributed by atoms with Gasteiger partial charge in [-0.05, 0) is 48.9 Å². The monoisotopic (exact) mass is 266 g/mol. The van der Waals surface area contributed by atoms with Crippen molar-refractivity contribution in [1.29, 1.82) is 0 Å². The van der Waals surface area contributed by atoms with Crippen LogP contribution >= 0.6 is 11.6 Å². The maximum absolute atomic E-state index is 6.11. The van der Waals surface area contributed by atoms with Gasteiger partial charge in [-0.25, -0.2) is 0 Å². The Balaban J connectivity index is 2.23. The largest absolute Gasteiger partial charge is 0.371 e. The topological polar surface area (TPSA) is 29.3 Å². The van der Waals surface area contributed by atoms with Crippen LogP contribution < -0.4 is 10.6 Å². The lowest BCUT2D eigenvalue weighted by Crippen LogP contribution is -2.47. The second-order valence-electron chi connectivity index (χ2n) is 6.05. The Labute approximate surface area is 115 Å². The lowest BCUT2D eigenvalue weighted by atomic mass is 9.73. The number of halogens is 1. The van der Waals surface area contributed by atoms with Gasteiger partial charge in [0, 0.05) is 23.8 Å². The van der Waals surface area contributed by atoms with Crippen molar-refractivity contribution < 1.29 is 0 Å². The number of nitrogens with zero attached hydrogens (tertiary/aromatic N) is 1. The summed E-state index contributed by atoms with van der Waals surface area (Å²) in [6, 6.07) is 6.12. The van der Waals surface area contributed by atoms with Gasteiger partial charge >= 0.3 is 0 Å². The third-order valence-electron chi connectivity index (χ3n) is 4.37. The van der Waals surface area contributed by atoms with Gasteiger partial charge in [-0.3, -0.25) is 0 Å². The van der Waals surface area contributed by atoms with E-state index >= 15 is 0 Å². The van der Waals surface area contributed by atoms with Crippen molar-refractivity contribution in [3.8, 4) is 0 Å². The molecule has 1 saturated heterocycles. The summed E-state index contributed by atoms with van der Waals surface area (Å²) >= 11 is 6.11. The third kappa shape index (κ3) is 2.65. The van der Waals surface area contributed by atoms with Crippen molar-refractivity contribution in [2.24, 2.45) is 17.1 Å². The first kappa shape index (κ1) is 13.7. The van der Waals surface area contributed by atoms with Crippen LogP contribution in [0.5, 0.6) is 0 Å². The normalized spacial score (nSPS) is 23.2. The summed E-state index contributed by atoms with van der Waals surface area (Å²) in [7, 11) is 0. The quantitative estimate of drug-likeness (QED) is 0.888. The highest BCUT2D eigenvalue weighted by molar-refractivity contribution is 6.30. The van der Waals surface area contributed by atoms with Gasteiger partial charge in [0.05, 0.1) is 0 Å². The molecule has 0 bridgehead atoms. The van der Waals surface area contributed by atoms with Crippen molar-refractivity contribution >= 4 is 17.3 Å². The molecule has 2 nitrogen and oxygen atoms in total. The molecule has 100 valence electrons. The molecule has 0 amide bonds. The second kappa shape index (κ2) is 5.10. The Kier molecular flexibility index (Phi) is 3.88. The maximum atomic E-state index is 6.11. The van der Waals surface area contributed by atoms with Gasteiger partial charge in [0.25, 0.3) is 0 Å². The van der Waals surface area contributed by atoms with Gasteiger partial charge in [-0.2, -0.15) is 0 Å². The van der Waals surface area contributed by atoms with E-state index in [-0.39, 0.29) is 0 Å². The number of nitrogens with two attached hydrogens (primary N) is 1. The van der Waals surface area contributed by atoms with Gasteiger partial charge in [-0.1, -0.05) is 31.5 Å². The predicted octanol–water partition coefficient (Wildman–Crippen LogP) is 3.46. The first-order valence-electron chi connectivity index (χ1n) is 6.65. The van der Waals surface area contributed by atoms with Crippen LogP contribution in [-0.2, 0) is 0 Å². The van der Waals surface area contributed by atoms with E-state index in [0.29, 0.717) is 11.3 Å². The lowest BCUT2D eigenvalue weighted by Gasteiger charge is -2.45. The maximum Gasteiger partial charge on any atom is 0.0426 e. The minimum absolute atomic E-state index is 0.345. The number of hydrogen-bond acceptors (Lipinski definition) is 2.